The summed E-state index contributed by atoms with van der Waals surface area (Å²) in [7, 11) is 0. The maximum Gasteiger partial charge on any atom is 0.233 e. The van der Waals surface area contributed by atoms with Crippen molar-refractivity contribution < 1.29 is 9.21 Å². The van der Waals surface area contributed by atoms with Crippen molar-refractivity contribution in [1.82, 2.24) is 10.6 Å². The number of nitrogens with one attached hydrogen (secondary N) is 2. The Morgan fingerprint density at radius 1 is 1.29 bits per heavy atom. The van der Waals surface area contributed by atoms with E-state index < -0.39 is 0 Å². The molecule has 4 heteroatoms. The summed E-state index contributed by atoms with van der Waals surface area (Å²) in [6.45, 7) is 3.04. The van der Waals surface area contributed by atoms with E-state index in [-0.39, 0.29) is 11.9 Å². The zero-order valence-electron chi connectivity index (χ0n) is 14.3. The number of rotatable bonds is 7. The maximum atomic E-state index is 12.0. The van der Waals surface area contributed by atoms with Crippen LogP contribution in [0, 0.1) is 0 Å². The molecule has 1 unspecified atom stereocenters. The van der Waals surface area contributed by atoms with Crippen molar-refractivity contribution in [3.05, 3.63) is 47.7 Å². The number of hydrogen-bond donors (Lipinski definition) is 2. The van der Waals surface area contributed by atoms with E-state index >= 15 is 0 Å². The van der Waals surface area contributed by atoms with Crippen molar-refractivity contribution in [3.8, 4) is 0 Å². The second kappa shape index (κ2) is 8.15. The Labute approximate surface area is 143 Å². The van der Waals surface area contributed by atoms with Gasteiger partial charge in [-0.1, -0.05) is 29.8 Å². The third-order valence-electron chi connectivity index (χ3n) is 4.59. The lowest BCUT2D eigenvalue weighted by atomic mass is 9.97. The van der Waals surface area contributed by atoms with E-state index in [1.807, 2.05) is 37.3 Å². The third-order valence-corrected chi connectivity index (χ3v) is 4.59. The fourth-order valence-corrected chi connectivity index (χ4v) is 3.12. The number of benzene rings is 1. The van der Waals surface area contributed by atoms with Crippen LogP contribution < -0.4 is 10.6 Å². The topological polar surface area (TPSA) is 54.3 Å². The monoisotopic (exact) mass is 326 g/mol. The van der Waals surface area contributed by atoms with Crippen molar-refractivity contribution in [2.75, 3.05) is 13.1 Å². The van der Waals surface area contributed by atoms with Crippen molar-refractivity contribution in [2.24, 2.45) is 0 Å². The second-order valence-corrected chi connectivity index (χ2v) is 6.50. The van der Waals surface area contributed by atoms with Gasteiger partial charge in [0.05, 0.1) is 12.6 Å². The minimum atomic E-state index is 0.00389. The highest BCUT2D eigenvalue weighted by Gasteiger charge is 2.12. The summed E-state index contributed by atoms with van der Waals surface area (Å²) in [6.07, 6.45) is 8.29. The molecule has 4 nitrogen and oxygen atoms in total. The SMILES string of the molecule is CC(NCC(=O)NCCC1=CCCCC1)c1cc2ccccc2o1. The average Bonchev–Trinajstić information content (AvgIpc) is 3.05. The van der Waals surface area contributed by atoms with Crippen molar-refractivity contribution in [2.45, 2.75) is 45.1 Å². The first-order valence-electron chi connectivity index (χ1n) is 8.89. The Morgan fingerprint density at radius 2 is 2.17 bits per heavy atom. The summed E-state index contributed by atoms with van der Waals surface area (Å²) in [5, 5.41) is 7.31. The molecular formula is C20H26N2O2. The standard InChI is InChI=1S/C20H26N2O2/c1-15(19-13-17-9-5-6-10-18(17)24-19)22-14-20(23)21-12-11-16-7-3-2-4-8-16/h5-7,9-10,13,15,22H,2-4,8,11-12,14H2,1H3,(H,21,23). The van der Waals surface area contributed by atoms with Gasteiger partial charge >= 0.3 is 0 Å². The highest BCUT2D eigenvalue weighted by molar-refractivity contribution is 5.78. The molecular weight excluding hydrogens is 300 g/mol. The van der Waals surface area contributed by atoms with Crippen LogP contribution in [0.5, 0.6) is 0 Å². The lowest BCUT2D eigenvalue weighted by Gasteiger charge is -2.14. The van der Waals surface area contributed by atoms with Gasteiger partial charge in [-0.25, -0.2) is 0 Å². The second-order valence-electron chi connectivity index (χ2n) is 6.50. The van der Waals surface area contributed by atoms with Crippen LogP contribution in [0.3, 0.4) is 0 Å². The van der Waals surface area contributed by atoms with Gasteiger partial charge in [0.1, 0.15) is 11.3 Å². The number of hydrogen-bond acceptors (Lipinski definition) is 3. The highest BCUT2D eigenvalue weighted by atomic mass is 16.3. The van der Waals surface area contributed by atoms with Crippen molar-refractivity contribution in [1.29, 1.82) is 0 Å². The van der Waals surface area contributed by atoms with Crippen LogP contribution in [0.15, 0.2) is 46.4 Å². The predicted molar refractivity (Wildman–Crippen MR) is 96.8 cm³/mol. The highest BCUT2D eigenvalue weighted by Crippen LogP contribution is 2.23. The van der Waals surface area contributed by atoms with Crippen LogP contribution in [-0.2, 0) is 4.79 Å². The number of carbonyl (C=O) groups is 1. The Morgan fingerprint density at radius 3 is 2.96 bits per heavy atom. The van der Waals surface area contributed by atoms with E-state index in [4.69, 9.17) is 4.42 Å². The quantitative estimate of drug-likeness (QED) is 0.754. The normalized spacial score (nSPS) is 16.0. The Kier molecular flexibility index (Phi) is 5.70. The van der Waals surface area contributed by atoms with E-state index in [1.54, 1.807) is 0 Å². The van der Waals surface area contributed by atoms with E-state index in [9.17, 15) is 4.79 Å². The molecule has 0 saturated heterocycles. The minimum Gasteiger partial charge on any atom is -0.459 e. The molecule has 0 aliphatic heterocycles. The fraction of sp³-hybridized carbons (Fsp3) is 0.450. The molecule has 1 atom stereocenters. The van der Waals surface area contributed by atoms with E-state index in [1.165, 1.54) is 31.3 Å². The first-order chi connectivity index (χ1) is 11.7. The minimum absolute atomic E-state index is 0.00389. The third kappa shape index (κ3) is 4.48. The van der Waals surface area contributed by atoms with Crippen LogP contribution in [0.25, 0.3) is 11.0 Å². The largest absolute Gasteiger partial charge is 0.459 e. The number of para-hydroxylation sites is 1. The van der Waals surface area contributed by atoms with Crippen molar-refractivity contribution >= 4 is 16.9 Å². The zero-order valence-corrected chi connectivity index (χ0v) is 14.3. The lowest BCUT2D eigenvalue weighted by Crippen LogP contribution is -2.35. The number of furan rings is 1. The molecule has 128 valence electrons. The molecule has 3 rings (SSSR count). The summed E-state index contributed by atoms with van der Waals surface area (Å²) in [5.41, 5.74) is 2.37. The molecule has 2 N–H and O–H groups in total. The zero-order chi connectivity index (χ0) is 16.8. The molecule has 1 amide bonds. The van der Waals surface area contributed by atoms with Gasteiger partial charge < -0.3 is 9.73 Å². The van der Waals surface area contributed by atoms with Crippen LogP contribution in [0.2, 0.25) is 0 Å². The average molecular weight is 326 g/mol. The molecule has 1 aromatic carbocycles. The molecule has 1 heterocycles. The number of allylic oxidation sites excluding steroid dienone is 1. The lowest BCUT2D eigenvalue weighted by molar-refractivity contribution is -0.120. The van der Waals surface area contributed by atoms with E-state index in [0.29, 0.717) is 6.54 Å². The Balaban J connectivity index is 1.41. The molecule has 0 bridgehead atoms. The van der Waals surface area contributed by atoms with Gasteiger partial charge in [-0.05, 0) is 51.2 Å². The Bertz CT molecular complexity index is 684. The first kappa shape index (κ1) is 16.8. The van der Waals surface area contributed by atoms with Crippen LogP contribution in [0.1, 0.15) is 50.8 Å². The van der Waals surface area contributed by atoms with E-state index in [0.717, 1.165) is 29.7 Å². The van der Waals surface area contributed by atoms with Gasteiger partial charge in [0.15, 0.2) is 0 Å². The predicted octanol–water partition coefficient (Wildman–Crippen LogP) is 4.09. The molecule has 2 aromatic rings. The van der Waals surface area contributed by atoms with Gasteiger partial charge in [0, 0.05) is 11.9 Å². The molecule has 1 aromatic heterocycles. The fourth-order valence-electron chi connectivity index (χ4n) is 3.12. The molecule has 1 aliphatic rings. The summed E-state index contributed by atoms with van der Waals surface area (Å²) < 4.78 is 5.82. The number of amides is 1. The molecule has 0 spiro atoms. The molecule has 0 saturated carbocycles. The summed E-state index contributed by atoms with van der Waals surface area (Å²) in [6, 6.07) is 9.97. The number of fused-ring (bicyclic) bond motifs is 1. The first-order valence-corrected chi connectivity index (χ1v) is 8.89. The molecule has 0 fully saturated rings. The van der Waals surface area contributed by atoms with Crippen LogP contribution in [-0.4, -0.2) is 19.0 Å². The summed E-state index contributed by atoms with van der Waals surface area (Å²) in [5.74, 6) is 0.894. The van der Waals surface area contributed by atoms with Crippen LogP contribution >= 0.6 is 0 Å². The van der Waals surface area contributed by atoms with Gasteiger partial charge in [-0.3, -0.25) is 10.1 Å². The van der Waals surface area contributed by atoms with Gasteiger partial charge in [0.2, 0.25) is 5.91 Å². The molecule has 1 aliphatic carbocycles. The van der Waals surface area contributed by atoms with Gasteiger partial charge in [-0.2, -0.15) is 0 Å². The summed E-state index contributed by atoms with van der Waals surface area (Å²) in [4.78, 5) is 12.0. The van der Waals surface area contributed by atoms with Crippen molar-refractivity contribution in [3.63, 3.8) is 0 Å². The van der Waals surface area contributed by atoms with Crippen LogP contribution in [0.4, 0.5) is 0 Å². The summed E-state index contributed by atoms with van der Waals surface area (Å²) >= 11 is 0. The molecule has 24 heavy (non-hydrogen) atoms. The smallest absolute Gasteiger partial charge is 0.233 e. The van der Waals surface area contributed by atoms with Gasteiger partial charge in [-0.15, -0.1) is 0 Å². The van der Waals surface area contributed by atoms with Gasteiger partial charge in [0.25, 0.3) is 0 Å². The Hall–Kier alpha value is -2.07. The maximum absolute atomic E-state index is 12.0. The van der Waals surface area contributed by atoms with E-state index in [2.05, 4.69) is 16.7 Å². The number of carbonyl (C=O) groups excluding carboxylic acids is 1. The molecule has 0 radical (unpaired) electrons.